The molecular formula is C22H20Cl2N4O3P2. The third-order valence-electron chi connectivity index (χ3n) is 4.99. The van der Waals surface area contributed by atoms with E-state index in [2.05, 4.69) is 15.5 Å². The fourth-order valence-electron chi connectivity index (χ4n) is 3.48. The minimum atomic E-state index is -1.61. The number of aromatic nitrogens is 1. The lowest BCUT2D eigenvalue weighted by Gasteiger charge is -2.16. The van der Waals surface area contributed by atoms with Crippen LogP contribution in [0.4, 0.5) is 11.4 Å². The standard InChI is InChI=1S/C22H20Cl2N4O3P2/c1-4-31-21(30)20-28-17(22(32-20)33(23)24)15-11-13(3)7-10-16(15)25-19(29)18(28)27-26-14-8-5-12(2)6-9-14/h5-11,18H,4H2,1-3H3,(H,25,29)/t18-/m1/s1. The van der Waals surface area contributed by atoms with Crippen LogP contribution in [0.3, 0.4) is 0 Å². The van der Waals surface area contributed by atoms with Gasteiger partial charge in [-0.3, -0.25) is 9.36 Å². The summed E-state index contributed by atoms with van der Waals surface area (Å²) < 4.78 is 6.84. The first-order chi connectivity index (χ1) is 15.8. The van der Waals surface area contributed by atoms with Gasteiger partial charge in [0.15, 0.2) is 5.43 Å². The molecule has 1 aromatic heterocycles. The predicted molar refractivity (Wildman–Crippen MR) is 135 cm³/mol. The van der Waals surface area contributed by atoms with E-state index in [9.17, 15) is 9.59 Å². The Labute approximate surface area is 203 Å². The molecule has 1 atom stereocenters. The second-order valence-corrected chi connectivity index (χ2v) is 12.3. The molecule has 1 amide bonds. The number of aryl methyl sites for hydroxylation is 2. The Morgan fingerprint density at radius 1 is 1.18 bits per heavy atom. The Bertz CT molecular complexity index is 1260. The van der Waals surface area contributed by atoms with E-state index in [4.69, 9.17) is 27.2 Å². The van der Waals surface area contributed by atoms with Gasteiger partial charge >= 0.3 is 5.97 Å². The second-order valence-electron chi connectivity index (χ2n) is 7.39. The third kappa shape index (κ3) is 4.83. The van der Waals surface area contributed by atoms with E-state index >= 15 is 0 Å². The smallest absolute Gasteiger partial charge is 0.359 e. The number of rotatable bonds is 5. The molecule has 0 fully saturated rings. The van der Waals surface area contributed by atoms with Gasteiger partial charge in [-0.2, -0.15) is 10.2 Å². The highest BCUT2D eigenvalue weighted by Crippen LogP contribution is 2.53. The van der Waals surface area contributed by atoms with Gasteiger partial charge in [0.1, 0.15) is 6.63 Å². The lowest BCUT2D eigenvalue weighted by Crippen LogP contribution is -2.25. The van der Waals surface area contributed by atoms with Crippen molar-refractivity contribution in [2.45, 2.75) is 26.9 Å². The van der Waals surface area contributed by atoms with Crippen LogP contribution >= 0.6 is 37.3 Å². The molecule has 1 aliphatic rings. The highest BCUT2D eigenvalue weighted by Gasteiger charge is 2.37. The van der Waals surface area contributed by atoms with Crippen molar-refractivity contribution in [2.75, 3.05) is 11.9 Å². The number of ether oxygens (including phenoxy) is 1. The number of amides is 1. The van der Waals surface area contributed by atoms with Crippen molar-refractivity contribution in [3.8, 4) is 11.3 Å². The summed E-state index contributed by atoms with van der Waals surface area (Å²) in [6.07, 6.45) is -1.15. The first-order valence-corrected chi connectivity index (χ1v) is 14.1. The number of carbonyl (C=O) groups excluding carboxylic acids is 2. The lowest BCUT2D eigenvalue weighted by molar-refractivity contribution is -0.119. The van der Waals surface area contributed by atoms with E-state index < -0.39 is 24.7 Å². The van der Waals surface area contributed by atoms with Gasteiger partial charge in [-0.25, -0.2) is 4.79 Å². The first kappa shape index (κ1) is 23.8. The molecule has 2 aromatic carbocycles. The number of benzene rings is 2. The van der Waals surface area contributed by atoms with E-state index in [-0.39, 0.29) is 12.0 Å². The number of carbonyl (C=O) groups is 2. The second kappa shape index (κ2) is 9.90. The molecule has 0 unspecified atom stereocenters. The van der Waals surface area contributed by atoms with Crippen LogP contribution in [0.2, 0.25) is 0 Å². The Hall–Kier alpha value is -2.30. The normalized spacial score (nSPS) is 15.5. The van der Waals surface area contributed by atoms with Crippen molar-refractivity contribution in [1.82, 2.24) is 4.57 Å². The summed E-state index contributed by atoms with van der Waals surface area (Å²) in [5.41, 5.74) is 4.76. The largest absolute Gasteiger partial charge is 0.461 e. The molecule has 0 saturated heterocycles. The summed E-state index contributed by atoms with van der Waals surface area (Å²) in [4.78, 5) is 26.2. The molecule has 0 aliphatic carbocycles. The average Bonchev–Trinajstić information content (AvgIpc) is 3.12. The van der Waals surface area contributed by atoms with Crippen molar-refractivity contribution in [3.63, 3.8) is 0 Å². The quantitative estimate of drug-likeness (QED) is 0.219. The maximum atomic E-state index is 13.3. The number of hydrogen-bond donors (Lipinski definition) is 1. The zero-order valence-corrected chi connectivity index (χ0v) is 21.3. The minimum Gasteiger partial charge on any atom is -0.461 e. The third-order valence-corrected chi connectivity index (χ3v) is 9.18. The van der Waals surface area contributed by atoms with Gasteiger partial charge in [-0.1, -0.05) is 51.8 Å². The van der Waals surface area contributed by atoms with Crippen LogP contribution in [0.5, 0.6) is 0 Å². The van der Waals surface area contributed by atoms with Crippen LogP contribution in [0, 0.1) is 13.8 Å². The zero-order valence-electron chi connectivity index (χ0n) is 18.0. The predicted octanol–water partition coefficient (Wildman–Crippen LogP) is 7.18. The fraction of sp³-hybridized carbons (Fsp3) is 0.227. The van der Waals surface area contributed by atoms with Crippen LogP contribution in [-0.2, 0) is 9.53 Å². The molecule has 4 rings (SSSR count). The maximum Gasteiger partial charge on any atom is 0.359 e. The van der Waals surface area contributed by atoms with E-state index in [1.54, 1.807) is 11.5 Å². The van der Waals surface area contributed by atoms with Gasteiger partial charge in [-0.05, 0) is 53.2 Å². The monoisotopic (exact) mass is 520 g/mol. The molecule has 1 aliphatic heterocycles. The minimum absolute atomic E-state index is 0.185. The number of nitrogens with zero attached hydrogens (tertiary/aromatic N) is 3. The molecule has 1 N–H and O–H groups in total. The molecular weight excluding hydrogens is 501 g/mol. The topological polar surface area (TPSA) is 85.1 Å². The number of azo groups is 1. The van der Waals surface area contributed by atoms with Crippen molar-refractivity contribution in [3.05, 3.63) is 59.0 Å². The summed E-state index contributed by atoms with van der Waals surface area (Å²) in [5.74, 6) is -0.992. The van der Waals surface area contributed by atoms with Gasteiger partial charge in [0, 0.05) is 5.56 Å². The number of anilines is 1. The molecule has 7 nitrogen and oxygen atoms in total. The van der Waals surface area contributed by atoms with Gasteiger partial charge in [0.2, 0.25) is 6.17 Å². The Morgan fingerprint density at radius 3 is 2.55 bits per heavy atom. The summed E-state index contributed by atoms with van der Waals surface area (Å²) in [6.45, 7) is 4.21. The van der Waals surface area contributed by atoms with Crippen LogP contribution in [0.25, 0.3) is 11.3 Å². The Morgan fingerprint density at radius 2 is 1.88 bits per heavy atom. The van der Waals surface area contributed by atoms with E-state index in [1.807, 2.05) is 56.3 Å². The van der Waals surface area contributed by atoms with Crippen LogP contribution < -0.4 is 10.4 Å². The molecule has 0 bridgehead atoms. The number of esters is 1. The van der Waals surface area contributed by atoms with Crippen molar-refractivity contribution < 1.29 is 14.3 Å². The van der Waals surface area contributed by atoms with Gasteiger partial charge in [-0.15, -0.1) is 0 Å². The van der Waals surface area contributed by atoms with Gasteiger partial charge < -0.3 is 10.1 Å². The molecule has 2 heterocycles. The Balaban J connectivity index is 1.97. The maximum absolute atomic E-state index is 13.3. The van der Waals surface area contributed by atoms with Crippen LogP contribution in [0.15, 0.2) is 52.7 Å². The Kier molecular flexibility index (Phi) is 7.16. The van der Waals surface area contributed by atoms with Crippen LogP contribution in [0.1, 0.15) is 34.4 Å². The van der Waals surface area contributed by atoms with Gasteiger partial charge in [0.05, 0.1) is 28.7 Å². The van der Waals surface area contributed by atoms with Crippen molar-refractivity contribution in [1.29, 1.82) is 0 Å². The number of halogens is 2. The number of hydrogen-bond acceptors (Lipinski definition) is 5. The molecule has 0 saturated carbocycles. The molecule has 170 valence electrons. The highest BCUT2D eigenvalue weighted by atomic mass is 35.9. The van der Waals surface area contributed by atoms with E-state index in [0.29, 0.717) is 35.9 Å². The summed E-state index contributed by atoms with van der Waals surface area (Å²) >= 11 is 12.8. The summed E-state index contributed by atoms with van der Waals surface area (Å²) in [5, 5.41) is 12.2. The molecule has 0 radical (unpaired) electrons. The van der Waals surface area contributed by atoms with Crippen molar-refractivity contribution in [2.24, 2.45) is 10.2 Å². The summed E-state index contributed by atoms with van der Waals surface area (Å²) in [7, 11) is 0.484. The lowest BCUT2D eigenvalue weighted by atomic mass is 10.1. The molecule has 33 heavy (non-hydrogen) atoms. The highest BCUT2D eigenvalue weighted by molar-refractivity contribution is 8.11. The number of fused-ring (bicyclic) bond motifs is 3. The SMILES string of the molecule is CCOC(=O)c1pc(P(Cl)Cl)c2n1[C@@H](N=Nc1ccc(C)cc1)C(=O)Nc1ccc(C)cc1-2. The van der Waals surface area contributed by atoms with Crippen molar-refractivity contribution >= 4 is 65.6 Å². The molecule has 3 aromatic rings. The van der Waals surface area contributed by atoms with E-state index in [0.717, 1.165) is 11.1 Å². The fourth-order valence-corrected chi connectivity index (χ4v) is 6.62. The van der Waals surface area contributed by atoms with Crippen LogP contribution in [-0.4, -0.2) is 23.1 Å². The zero-order chi connectivity index (χ0) is 23.7. The van der Waals surface area contributed by atoms with Gasteiger partial charge in [0.25, 0.3) is 5.91 Å². The summed E-state index contributed by atoms with van der Waals surface area (Å²) in [6, 6.07) is 13.1. The molecule has 11 heteroatoms. The first-order valence-electron chi connectivity index (χ1n) is 10.1. The van der Waals surface area contributed by atoms with E-state index in [1.165, 1.54) is 0 Å². The average molecular weight is 521 g/mol. The number of nitrogens with one attached hydrogen (secondary N) is 1. The molecule has 0 spiro atoms.